The van der Waals surface area contributed by atoms with E-state index >= 15 is 0 Å². The van der Waals surface area contributed by atoms with Gasteiger partial charge in [0.1, 0.15) is 0 Å². The zero-order valence-electron chi connectivity index (χ0n) is 16.2. The lowest BCUT2D eigenvalue weighted by molar-refractivity contribution is -0.119. The van der Waals surface area contributed by atoms with Crippen LogP contribution in [0.1, 0.15) is 48.9 Å². The third kappa shape index (κ3) is 8.26. The summed E-state index contributed by atoms with van der Waals surface area (Å²) in [6, 6.07) is 7.17. The Balaban J connectivity index is 1.69. The average molecular weight is 373 g/mol. The third-order valence-electron chi connectivity index (χ3n) is 4.54. The lowest BCUT2D eigenvalue weighted by atomic mass is 9.97. The maximum Gasteiger partial charge on any atom is 0.251 e. The summed E-state index contributed by atoms with van der Waals surface area (Å²) in [4.78, 5) is 24.1. The van der Waals surface area contributed by atoms with Crippen molar-refractivity contribution in [2.75, 3.05) is 38.7 Å². The largest absolute Gasteiger partial charge is 0.385 e. The number of nitrogens with one attached hydrogen (secondary N) is 3. The second-order valence-corrected chi connectivity index (χ2v) is 6.74. The summed E-state index contributed by atoms with van der Waals surface area (Å²) in [5.41, 5.74) is 2.78. The Kier molecular flexibility index (Phi) is 9.41. The minimum absolute atomic E-state index is 0.0409. The van der Waals surface area contributed by atoms with Crippen LogP contribution in [0.25, 0.3) is 0 Å². The second-order valence-electron chi connectivity index (χ2n) is 6.74. The minimum Gasteiger partial charge on any atom is -0.385 e. The molecule has 6 heteroatoms. The molecule has 1 aromatic carbocycles. The lowest BCUT2D eigenvalue weighted by Crippen LogP contribution is -2.31. The molecule has 1 aromatic rings. The van der Waals surface area contributed by atoms with Crippen molar-refractivity contribution in [3.8, 4) is 0 Å². The summed E-state index contributed by atoms with van der Waals surface area (Å²) in [5.74, 6) is -0.166. The standard InChI is InChI=1S/C21H31N3O3/c1-27-14-6-12-23-21(26)18-9-5-10-19(15-18)24-16-20(25)22-13-11-17-7-3-2-4-8-17/h5,7,9-10,15,24H,2-4,6,8,11-14,16H2,1H3,(H,22,25)(H,23,26). The van der Waals surface area contributed by atoms with Crippen LogP contribution in [0.5, 0.6) is 0 Å². The number of methoxy groups -OCH3 is 1. The van der Waals surface area contributed by atoms with E-state index in [9.17, 15) is 9.59 Å². The first-order valence-corrected chi connectivity index (χ1v) is 9.74. The fourth-order valence-corrected chi connectivity index (χ4v) is 3.03. The highest BCUT2D eigenvalue weighted by Crippen LogP contribution is 2.19. The lowest BCUT2D eigenvalue weighted by Gasteiger charge is -2.13. The topological polar surface area (TPSA) is 79.5 Å². The molecule has 3 N–H and O–H groups in total. The van der Waals surface area contributed by atoms with Gasteiger partial charge in [0, 0.05) is 38.1 Å². The van der Waals surface area contributed by atoms with Crippen LogP contribution in [0.15, 0.2) is 35.9 Å². The van der Waals surface area contributed by atoms with Gasteiger partial charge in [-0.05, 0) is 56.7 Å². The molecule has 2 rings (SSSR count). The summed E-state index contributed by atoms with van der Waals surface area (Å²) in [7, 11) is 1.64. The van der Waals surface area contributed by atoms with Crippen molar-refractivity contribution in [1.82, 2.24) is 10.6 Å². The van der Waals surface area contributed by atoms with Gasteiger partial charge in [0.05, 0.1) is 6.54 Å². The normalized spacial score (nSPS) is 13.6. The average Bonchev–Trinajstić information content (AvgIpc) is 2.70. The Hall–Kier alpha value is -2.34. The first-order valence-electron chi connectivity index (χ1n) is 9.74. The van der Waals surface area contributed by atoms with Gasteiger partial charge in [0.15, 0.2) is 0 Å². The first kappa shape index (κ1) is 21.0. The number of rotatable bonds is 11. The number of carbonyl (C=O) groups is 2. The Morgan fingerprint density at radius 1 is 1.15 bits per heavy atom. The molecule has 0 saturated carbocycles. The molecule has 0 atom stereocenters. The van der Waals surface area contributed by atoms with E-state index in [1.165, 1.54) is 24.8 Å². The zero-order chi connectivity index (χ0) is 19.3. The highest BCUT2D eigenvalue weighted by Gasteiger charge is 2.07. The minimum atomic E-state index is -0.125. The summed E-state index contributed by atoms with van der Waals surface area (Å²) in [6.45, 7) is 2.06. The summed E-state index contributed by atoms with van der Waals surface area (Å²) in [6.07, 6.45) is 8.89. The number of ether oxygens (including phenoxy) is 1. The molecule has 0 spiro atoms. The molecule has 0 aliphatic heterocycles. The van der Waals surface area contributed by atoms with Gasteiger partial charge in [-0.1, -0.05) is 17.7 Å². The fraction of sp³-hybridized carbons (Fsp3) is 0.524. The number of anilines is 1. The monoisotopic (exact) mass is 373 g/mol. The van der Waals surface area contributed by atoms with Crippen LogP contribution in [0.3, 0.4) is 0 Å². The van der Waals surface area contributed by atoms with Crippen molar-refractivity contribution in [3.63, 3.8) is 0 Å². The predicted octanol–water partition coefficient (Wildman–Crippen LogP) is 2.87. The van der Waals surface area contributed by atoms with Crippen molar-refractivity contribution in [1.29, 1.82) is 0 Å². The van der Waals surface area contributed by atoms with Gasteiger partial charge in [0.25, 0.3) is 5.91 Å². The fourth-order valence-electron chi connectivity index (χ4n) is 3.03. The second kappa shape index (κ2) is 12.1. The Morgan fingerprint density at radius 3 is 2.81 bits per heavy atom. The van der Waals surface area contributed by atoms with Crippen LogP contribution in [0.4, 0.5) is 5.69 Å². The molecule has 0 radical (unpaired) electrons. The zero-order valence-corrected chi connectivity index (χ0v) is 16.2. The van der Waals surface area contributed by atoms with Crippen molar-refractivity contribution in [3.05, 3.63) is 41.5 Å². The molecular formula is C21H31N3O3. The Labute approximate surface area is 161 Å². The molecule has 0 aromatic heterocycles. The van der Waals surface area contributed by atoms with Crippen molar-refractivity contribution >= 4 is 17.5 Å². The van der Waals surface area contributed by atoms with Gasteiger partial charge in [-0.3, -0.25) is 9.59 Å². The van der Waals surface area contributed by atoms with Crippen LogP contribution in [-0.2, 0) is 9.53 Å². The van der Waals surface area contributed by atoms with Crippen LogP contribution < -0.4 is 16.0 Å². The van der Waals surface area contributed by atoms with Crippen molar-refractivity contribution < 1.29 is 14.3 Å². The van der Waals surface area contributed by atoms with E-state index in [1.807, 2.05) is 6.07 Å². The summed E-state index contributed by atoms with van der Waals surface area (Å²) < 4.78 is 4.96. The predicted molar refractivity (Wildman–Crippen MR) is 108 cm³/mol. The SMILES string of the molecule is COCCCNC(=O)c1cccc(NCC(=O)NCCC2=CCCCC2)c1. The van der Waals surface area contributed by atoms with Gasteiger partial charge in [-0.2, -0.15) is 0 Å². The molecule has 148 valence electrons. The van der Waals surface area contributed by atoms with E-state index in [-0.39, 0.29) is 18.4 Å². The number of allylic oxidation sites excluding steroid dienone is 1. The Morgan fingerprint density at radius 2 is 2.04 bits per heavy atom. The molecule has 0 heterocycles. The van der Waals surface area contributed by atoms with Crippen LogP contribution in [0, 0.1) is 0 Å². The molecule has 0 fully saturated rings. The summed E-state index contributed by atoms with van der Waals surface area (Å²) >= 11 is 0. The smallest absolute Gasteiger partial charge is 0.251 e. The maximum absolute atomic E-state index is 12.1. The molecule has 27 heavy (non-hydrogen) atoms. The highest BCUT2D eigenvalue weighted by molar-refractivity contribution is 5.95. The van der Waals surface area contributed by atoms with Gasteiger partial charge < -0.3 is 20.7 Å². The summed E-state index contributed by atoms with van der Waals surface area (Å²) in [5, 5.41) is 8.88. The molecule has 6 nitrogen and oxygen atoms in total. The molecule has 0 bridgehead atoms. The highest BCUT2D eigenvalue weighted by atomic mass is 16.5. The van der Waals surface area contributed by atoms with Crippen LogP contribution in [0.2, 0.25) is 0 Å². The van der Waals surface area contributed by atoms with Gasteiger partial charge in [-0.15, -0.1) is 0 Å². The molecule has 2 amide bonds. The number of amides is 2. The van der Waals surface area contributed by atoms with Gasteiger partial charge in [-0.25, -0.2) is 0 Å². The molecular weight excluding hydrogens is 342 g/mol. The van der Waals surface area contributed by atoms with E-state index < -0.39 is 0 Å². The van der Waals surface area contributed by atoms with Crippen LogP contribution >= 0.6 is 0 Å². The van der Waals surface area contributed by atoms with Gasteiger partial charge >= 0.3 is 0 Å². The molecule has 1 aliphatic rings. The van der Waals surface area contributed by atoms with E-state index in [1.54, 1.807) is 25.3 Å². The Bertz CT molecular complexity index is 643. The number of hydrogen-bond donors (Lipinski definition) is 3. The third-order valence-corrected chi connectivity index (χ3v) is 4.54. The van der Waals surface area contributed by atoms with Gasteiger partial charge in [0.2, 0.25) is 5.91 Å². The van der Waals surface area contributed by atoms with Crippen molar-refractivity contribution in [2.24, 2.45) is 0 Å². The number of benzene rings is 1. The van der Waals surface area contributed by atoms with E-state index in [2.05, 4.69) is 22.0 Å². The number of carbonyl (C=O) groups excluding carboxylic acids is 2. The first-order chi connectivity index (χ1) is 13.2. The maximum atomic E-state index is 12.1. The van der Waals surface area contributed by atoms with E-state index in [0.29, 0.717) is 25.3 Å². The molecule has 0 saturated heterocycles. The quantitative estimate of drug-likeness (QED) is 0.412. The molecule has 1 aliphatic carbocycles. The van der Waals surface area contributed by atoms with E-state index in [0.717, 1.165) is 24.9 Å². The van der Waals surface area contributed by atoms with E-state index in [4.69, 9.17) is 4.74 Å². The number of hydrogen-bond acceptors (Lipinski definition) is 4. The molecule has 0 unspecified atom stereocenters. The van der Waals surface area contributed by atoms with Crippen molar-refractivity contribution in [2.45, 2.75) is 38.5 Å². The van der Waals surface area contributed by atoms with Crippen LogP contribution in [-0.4, -0.2) is 45.2 Å².